The molecule has 0 aliphatic carbocycles. The van der Waals surface area contributed by atoms with Gasteiger partial charge in [0.2, 0.25) is 0 Å². The molecule has 2 unspecified atom stereocenters. The Labute approximate surface area is 109 Å². The number of hydrogen-bond donors (Lipinski definition) is 2. The molecule has 1 heterocycles. The minimum absolute atomic E-state index is 0.0623. The van der Waals surface area contributed by atoms with E-state index in [9.17, 15) is 9.18 Å². The van der Waals surface area contributed by atoms with Crippen molar-refractivity contribution in [2.45, 2.75) is 25.0 Å². The van der Waals surface area contributed by atoms with E-state index in [1.807, 2.05) is 0 Å². The highest BCUT2D eigenvalue weighted by Gasteiger charge is 2.30. The molecule has 1 aromatic carbocycles. The molecule has 1 amide bonds. The molecule has 1 aliphatic heterocycles. The van der Waals surface area contributed by atoms with Gasteiger partial charge in [0.05, 0.1) is 11.8 Å². The summed E-state index contributed by atoms with van der Waals surface area (Å²) in [6, 6.07) is 3.99. The van der Waals surface area contributed by atoms with Crippen LogP contribution in [0.5, 0.6) is 0 Å². The summed E-state index contributed by atoms with van der Waals surface area (Å²) in [5.41, 5.74) is 5.52. The molecule has 18 heavy (non-hydrogen) atoms. The Bertz CT molecular complexity index is 456. The van der Waals surface area contributed by atoms with Crippen molar-refractivity contribution in [2.75, 3.05) is 11.9 Å². The molecule has 2 rings (SSSR count). The summed E-state index contributed by atoms with van der Waals surface area (Å²) in [4.78, 5) is 11.9. The Morgan fingerprint density at radius 2 is 2.33 bits per heavy atom. The topological polar surface area (TPSA) is 64.4 Å². The fraction of sp³-hybridized carbons (Fsp3) is 0.417. The highest BCUT2D eigenvalue weighted by molar-refractivity contribution is 6.30. The number of nitrogens with one attached hydrogen (secondary N) is 1. The van der Waals surface area contributed by atoms with Crippen LogP contribution in [0, 0.1) is 5.82 Å². The number of carbonyl (C=O) groups excluding carboxylic acids is 1. The van der Waals surface area contributed by atoms with Crippen LogP contribution in [0.3, 0.4) is 0 Å². The van der Waals surface area contributed by atoms with Crippen LogP contribution in [-0.2, 0) is 9.53 Å². The maximum absolute atomic E-state index is 13.4. The molecule has 1 aliphatic rings. The number of carbonyl (C=O) groups is 1. The second-order valence-electron chi connectivity index (χ2n) is 4.17. The van der Waals surface area contributed by atoms with Crippen molar-refractivity contribution in [3.63, 3.8) is 0 Å². The van der Waals surface area contributed by atoms with Crippen molar-refractivity contribution in [1.29, 1.82) is 0 Å². The quantitative estimate of drug-likeness (QED) is 0.884. The fourth-order valence-electron chi connectivity index (χ4n) is 1.88. The third-order valence-corrected chi connectivity index (χ3v) is 3.08. The lowest BCUT2D eigenvalue weighted by Gasteiger charge is -2.13. The lowest BCUT2D eigenvalue weighted by atomic mass is 10.2. The van der Waals surface area contributed by atoms with E-state index in [1.165, 1.54) is 18.2 Å². The van der Waals surface area contributed by atoms with E-state index >= 15 is 0 Å². The Balaban J connectivity index is 2.01. The summed E-state index contributed by atoms with van der Waals surface area (Å²) in [5, 5.41) is 2.83. The van der Waals surface area contributed by atoms with Crippen molar-refractivity contribution in [2.24, 2.45) is 5.73 Å². The molecule has 1 aromatic rings. The van der Waals surface area contributed by atoms with Gasteiger partial charge in [-0.3, -0.25) is 4.79 Å². The van der Waals surface area contributed by atoms with E-state index in [2.05, 4.69) is 5.32 Å². The summed E-state index contributed by atoms with van der Waals surface area (Å²) < 4.78 is 18.8. The lowest BCUT2D eigenvalue weighted by molar-refractivity contribution is -0.126. The first-order chi connectivity index (χ1) is 8.60. The summed E-state index contributed by atoms with van der Waals surface area (Å²) in [6.45, 7) is 0.384. The average Bonchev–Trinajstić information content (AvgIpc) is 2.82. The normalized spacial score (nSPS) is 23.1. The summed E-state index contributed by atoms with van der Waals surface area (Å²) in [6.07, 6.45) is 0.671. The number of amides is 1. The van der Waals surface area contributed by atoms with E-state index in [4.69, 9.17) is 22.1 Å². The lowest BCUT2D eigenvalue weighted by Crippen LogP contribution is -2.30. The first-order valence-electron chi connectivity index (χ1n) is 5.71. The van der Waals surface area contributed by atoms with Gasteiger partial charge < -0.3 is 15.8 Å². The average molecular weight is 273 g/mol. The Morgan fingerprint density at radius 3 is 3.00 bits per heavy atom. The smallest absolute Gasteiger partial charge is 0.253 e. The maximum Gasteiger partial charge on any atom is 0.253 e. The zero-order valence-electron chi connectivity index (χ0n) is 9.66. The summed E-state index contributed by atoms with van der Waals surface area (Å²) >= 11 is 5.74. The van der Waals surface area contributed by atoms with Gasteiger partial charge in [0.15, 0.2) is 0 Å². The molecule has 0 aromatic heterocycles. The van der Waals surface area contributed by atoms with Gasteiger partial charge in [-0.25, -0.2) is 4.39 Å². The molecule has 4 nitrogen and oxygen atoms in total. The van der Waals surface area contributed by atoms with Crippen molar-refractivity contribution in [1.82, 2.24) is 0 Å². The largest absolute Gasteiger partial charge is 0.364 e. The maximum atomic E-state index is 13.4. The van der Waals surface area contributed by atoms with Gasteiger partial charge in [0.1, 0.15) is 11.9 Å². The molecule has 1 fully saturated rings. The number of halogens is 2. The van der Waals surface area contributed by atoms with Crippen LogP contribution in [0.1, 0.15) is 12.8 Å². The second-order valence-corrected chi connectivity index (χ2v) is 4.61. The number of nitrogens with two attached hydrogens (primary N) is 1. The van der Waals surface area contributed by atoms with Crippen LogP contribution >= 0.6 is 11.6 Å². The fourth-order valence-corrected chi connectivity index (χ4v) is 2.05. The van der Waals surface area contributed by atoms with Gasteiger partial charge in [0.25, 0.3) is 5.91 Å². The molecular weight excluding hydrogens is 259 g/mol. The van der Waals surface area contributed by atoms with Crippen molar-refractivity contribution in [3.8, 4) is 0 Å². The zero-order valence-corrected chi connectivity index (χ0v) is 10.4. The standard InChI is InChI=1S/C12H14ClFN2O2/c13-7-1-3-9(14)10(5-7)16-12(17)11-4-2-8(6-15)18-11/h1,3,5,8,11H,2,4,6,15H2,(H,16,17). The van der Waals surface area contributed by atoms with Crippen LogP contribution in [-0.4, -0.2) is 24.7 Å². The van der Waals surface area contributed by atoms with Crippen LogP contribution in [0.25, 0.3) is 0 Å². The number of hydrogen-bond acceptors (Lipinski definition) is 3. The highest BCUT2D eigenvalue weighted by atomic mass is 35.5. The van der Waals surface area contributed by atoms with E-state index in [0.717, 1.165) is 6.42 Å². The predicted molar refractivity (Wildman–Crippen MR) is 67.0 cm³/mol. The van der Waals surface area contributed by atoms with Crippen molar-refractivity contribution < 1.29 is 13.9 Å². The third kappa shape index (κ3) is 2.98. The monoisotopic (exact) mass is 272 g/mol. The second kappa shape index (κ2) is 5.65. The van der Waals surface area contributed by atoms with Gasteiger partial charge in [-0.15, -0.1) is 0 Å². The van der Waals surface area contributed by atoms with Crippen molar-refractivity contribution in [3.05, 3.63) is 29.0 Å². The predicted octanol–water partition coefficient (Wildman–Crippen LogP) is 1.92. The number of ether oxygens (including phenoxy) is 1. The Hall–Kier alpha value is -1.17. The van der Waals surface area contributed by atoms with Crippen molar-refractivity contribution >= 4 is 23.2 Å². The molecule has 3 N–H and O–H groups in total. The molecule has 0 bridgehead atoms. The third-order valence-electron chi connectivity index (χ3n) is 2.85. The molecule has 1 saturated heterocycles. The molecule has 0 saturated carbocycles. The minimum Gasteiger partial charge on any atom is -0.364 e. The highest BCUT2D eigenvalue weighted by Crippen LogP contribution is 2.23. The van der Waals surface area contributed by atoms with Crippen LogP contribution < -0.4 is 11.1 Å². The van der Waals surface area contributed by atoms with E-state index < -0.39 is 11.9 Å². The Morgan fingerprint density at radius 1 is 1.56 bits per heavy atom. The Kier molecular flexibility index (Phi) is 4.16. The summed E-state index contributed by atoms with van der Waals surface area (Å²) in [5.74, 6) is -0.895. The van der Waals surface area contributed by atoms with E-state index in [0.29, 0.717) is 18.0 Å². The summed E-state index contributed by atoms with van der Waals surface area (Å²) in [7, 11) is 0. The first kappa shape index (κ1) is 13.3. The molecule has 98 valence electrons. The molecule has 0 spiro atoms. The number of benzene rings is 1. The number of anilines is 1. The van der Waals surface area contributed by atoms with Crippen LogP contribution in [0.4, 0.5) is 10.1 Å². The number of rotatable bonds is 3. The van der Waals surface area contributed by atoms with Gasteiger partial charge in [-0.1, -0.05) is 11.6 Å². The molecule has 6 heteroatoms. The van der Waals surface area contributed by atoms with E-state index in [1.54, 1.807) is 0 Å². The van der Waals surface area contributed by atoms with E-state index in [-0.39, 0.29) is 17.7 Å². The molecular formula is C12H14ClFN2O2. The molecule has 2 atom stereocenters. The van der Waals surface area contributed by atoms with Crippen LogP contribution in [0.15, 0.2) is 18.2 Å². The van der Waals surface area contributed by atoms with Gasteiger partial charge in [0, 0.05) is 11.6 Å². The first-order valence-corrected chi connectivity index (χ1v) is 6.09. The van der Waals surface area contributed by atoms with Gasteiger partial charge in [-0.2, -0.15) is 0 Å². The van der Waals surface area contributed by atoms with Gasteiger partial charge >= 0.3 is 0 Å². The van der Waals surface area contributed by atoms with Gasteiger partial charge in [-0.05, 0) is 31.0 Å². The molecule has 0 radical (unpaired) electrons. The zero-order chi connectivity index (χ0) is 13.1. The van der Waals surface area contributed by atoms with Crippen LogP contribution in [0.2, 0.25) is 5.02 Å². The minimum atomic E-state index is -0.572. The SMILES string of the molecule is NCC1CCC(C(=O)Nc2cc(Cl)ccc2F)O1.